The lowest BCUT2D eigenvalue weighted by atomic mass is 10.0. The Balaban J connectivity index is 1.44. The normalized spacial score (nSPS) is 19.1. The number of likely N-dealkylation sites (tertiary alicyclic amines) is 1. The Morgan fingerprint density at radius 3 is 2.70 bits per heavy atom. The molecule has 1 unspecified atom stereocenters. The van der Waals surface area contributed by atoms with Gasteiger partial charge in [-0.25, -0.2) is 8.78 Å². The van der Waals surface area contributed by atoms with Gasteiger partial charge in [0.15, 0.2) is 11.6 Å². The number of nitriles is 1. The average molecular weight is 584 g/mol. The van der Waals surface area contributed by atoms with Crippen molar-refractivity contribution < 1.29 is 18.3 Å². The van der Waals surface area contributed by atoms with Crippen molar-refractivity contribution in [3.63, 3.8) is 0 Å². The summed E-state index contributed by atoms with van der Waals surface area (Å²) in [6, 6.07) is 15.1. The second kappa shape index (κ2) is 11.9. The number of carbonyl (C=O) groups excluding carboxylic acids is 1. The quantitative estimate of drug-likeness (QED) is 0.284. The summed E-state index contributed by atoms with van der Waals surface area (Å²) in [4.78, 5) is 31.6. The number of rotatable bonds is 7. The van der Waals surface area contributed by atoms with E-state index in [-0.39, 0.29) is 49.3 Å². The molecule has 2 saturated heterocycles. The van der Waals surface area contributed by atoms with Gasteiger partial charge in [-0.1, -0.05) is 49.0 Å². The number of fused-ring (bicyclic) bond motifs is 2. The highest BCUT2D eigenvalue weighted by Crippen LogP contribution is 2.35. The first-order valence-corrected chi connectivity index (χ1v) is 14.3. The number of benzene rings is 2. The molecular formula is C32H31F2N7O2. The lowest BCUT2D eigenvalue weighted by molar-refractivity contribution is -0.131. The fraction of sp³-hybridized carbons (Fsp3) is 0.344. The molecule has 2 aromatic heterocycles. The predicted octanol–water partition coefficient (Wildman–Crippen LogP) is 4.87. The minimum absolute atomic E-state index is 0.0201. The van der Waals surface area contributed by atoms with Crippen molar-refractivity contribution in [1.82, 2.24) is 24.8 Å². The summed E-state index contributed by atoms with van der Waals surface area (Å²) in [5, 5.41) is 11.6. The van der Waals surface area contributed by atoms with Crippen LogP contribution in [0.1, 0.15) is 19.3 Å². The number of nitrogens with zero attached hydrogens (tertiary/aromatic N) is 7. The van der Waals surface area contributed by atoms with E-state index in [1.54, 1.807) is 6.20 Å². The fourth-order valence-electron chi connectivity index (χ4n) is 6.06. The molecular weight excluding hydrogens is 552 g/mol. The Kier molecular flexibility index (Phi) is 7.86. The molecule has 220 valence electrons. The molecule has 0 bridgehead atoms. The zero-order chi connectivity index (χ0) is 30.1. The number of ether oxygens (including phenoxy) is 1. The van der Waals surface area contributed by atoms with Crippen LogP contribution in [0.5, 0.6) is 6.01 Å². The largest absolute Gasteiger partial charge is 0.462 e. The van der Waals surface area contributed by atoms with Gasteiger partial charge in [0.2, 0.25) is 0 Å². The van der Waals surface area contributed by atoms with Crippen molar-refractivity contribution in [1.29, 1.82) is 5.26 Å². The van der Waals surface area contributed by atoms with Gasteiger partial charge in [-0.2, -0.15) is 15.2 Å². The van der Waals surface area contributed by atoms with E-state index in [0.717, 1.165) is 30.2 Å². The third kappa shape index (κ3) is 5.46. The van der Waals surface area contributed by atoms with Crippen LogP contribution in [0.3, 0.4) is 0 Å². The minimum atomic E-state index is -1.08. The molecule has 0 N–H and O–H groups in total. The maximum absolute atomic E-state index is 16.5. The topological polar surface area (TPSA) is 98.5 Å². The number of amides is 1. The van der Waals surface area contributed by atoms with Gasteiger partial charge in [0.05, 0.1) is 23.9 Å². The second-order valence-corrected chi connectivity index (χ2v) is 11.0. The SMILES string of the molecule is C=C(F)C(=O)N1CCN(c2nc(OCC3CCCN3C)nc3c(F)c(-c4cccc5ccccc45)ncc23)C[C@@H]1CC#N. The minimum Gasteiger partial charge on any atom is -0.462 e. The van der Waals surface area contributed by atoms with E-state index in [4.69, 9.17) is 9.72 Å². The highest BCUT2D eigenvalue weighted by molar-refractivity contribution is 5.99. The van der Waals surface area contributed by atoms with Crippen LogP contribution in [0, 0.1) is 17.1 Å². The van der Waals surface area contributed by atoms with E-state index in [0.29, 0.717) is 23.4 Å². The van der Waals surface area contributed by atoms with Crippen LogP contribution in [-0.4, -0.2) is 82.6 Å². The molecule has 2 aliphatic heterocycles. The molecule has 0 spiro atoms. The zero-order valence-electron chi connectivity index (χ0n) is 23.8. The Hall–Kier alpha value is -4.69. The van der Waals surface area contributed by atoms with Crippen LogP contribution in [0.15, 0.2) is 61.1 Å². The van der Waals surface area contributed by atoms with E-state index in [2.05, 4.69) is 27.5 Å². The third-order valence-corrected chi connectivity index (χ3v) is 8.37. The lowest BCUT2D eigenvalue weighted by Crippen LogP contribution is -2.55. The Bertz CT molecular complexity index is 1750. The fourth-order valence-corrected chi connectivity index (χ4v) is 6.06. The first-order valence-electron chi connectivity index (χ1n) is 14.3. The Labute approximate surface area is 248 Å². The molecule has 4 heterocycles. The number of likely N-dealkylation sites (N-methyl/N-ethyl adjacent to an activating group) is 1. The second-order valence-electron chi connectivity index (χ2n) is 11.0. The van der Waals surface area contributed by atoms with Crippen LogP contribution in [0.4, 0.5) is 14.6 Å². The Morgan fingerprint density at radius 2 is 1.93 bits per heavy atom. The molecule has 2 atom stereocenters. The van der Waals surface area contributed by atoms with E-state index < -0.39 is 23.6 Å². The molecule has 0 radical (unpaired) electrons. The molecule has 0 saturated carbocycles. The van der Waals surface area contributed by atoms with Crippen molar-refractivity contribution in [2.75, 3.05) is 44.7 Å². The van der Waals surface area contributed by atoms with E-state index in [1.165, 1.54) is 4.90 Å². The summed E-state index contributed by atoms with van der Waals surface area (Å²) in [6.45, 7) is 5.03. The van der Waals surface area contributed by atoms with Gasteiger partial charge in [0.1, 0.15) is 23.6 Å². The molecule has 9 nitrogen and oxygen atoms in total. The smallest absolute Gasteiger partial charge is 0.319 e. The van der Waals surface area contributed by atoms with Crippen LogP contribution in [-0.2, 0) is 4.79 Å². The number of pyridine rings is 1. The van der Waals surface area contributed by atoms with Gasteiger partial charge in [0, 0.05) is 37.4 Å². The number of hydrogen-bond acceptors (Lipinski definition) is 8. The maximum Gasteiger partial charge on any atom is 0.319 e. The number of halogens is 2. The van der Waals surface area contributed by atoms with Gasteiger partial charge < -0.3 is 19.4 Å². The molecule has 2 fully saturated rings. The Morgan fingerprint density at radius 1 is 1.12 bits per heavy atom. The number of piperazine rings is 1. The van der Waals surface area contributed by atoms with Crippen molar-refractivity contribution in [3.8, 4) is 23.3 Å². The van der Waals surface area contributed by atoms with Crippen LogP contribution in [0.25, 0.3) is 32.9 Å². The number of carbonyl (C=O) groups is 1. The molecule has 43 heavy (non-hydrogen) atoms. The first-order chi connectivity index (χ1) is 20.9. The summed E-state index contributed by atoms with van der Waals surface area (Å²) in [5.74, 6) is -2.14. The standard InChI is InChI=1S/C32H31F2N7O2/c1-20(33)31(42)41-16-15-40(18-22(41)12-13-35)30-26-17-36-28(25-11-5-8-21-7-3-4-10-24(21)25)27(34)29(26)37-32(38-30)43-19-23-9-6-14-39(23)2/h3-5,7-8,10-11,17,22-23H,1,6,9,12,14-16,18-19H2,2H3/t22-,23?/m0/s1. The van der Waals surface area contributed by atoms with Crippen molar-refractivity contribution in [2.24, 2.45) is 0 Å². The maximum atomic E-state index is 16.5. The van der Waals surface area contributed by atoms with Gasteiger partial charge in [-0.05, 0) is 37.2 Å². The third-order valence-electron chi connectivity index (χ3n) is 8.37. The number of aromatic nitrogens is 3. The van der Waals surface area contributed by atoms with E-state index >= 15 is 4.39 Å². The number of hydrogen-bond donors (Lipinski definition) is 0. The summed E-state index contributed by atoms with van der Waals surface area (Å²) in [7, 11) is 2.04. The van der Waals surface area contributed by atoms with Gasteiger partial charge in [-0.15, -0.1) is 0 Å². The summed E-state index contributed by atoms with van der Waals surface area (Å²) in [6.07, 6.45) is 3.58. The van der Waals surface area contributed by atoms with Crippen molar-refractivity contribution >= 4 is 33.4 Å². The van der Waals surface area contributed by atoms with Crippen LogP contribution < -0.4 is 9.64 Å². The highest BCUT2D eigenvalue weighted by atomic mass is 19.1. The predicted molar refractivity (Wildman–Crippen MR) is 160 cm³/mol. The number of anilines is 1. The molecule has 1 amide bonds. The average Bonchev–Trinajstić information content (AvgIpc) is 3.44. The van der Waals surface area contributed by atoms with E-state index in [1.807, 2.05) is 54.4 Å². The van der Waals surface area contributed by atoms with Gasteiger partial charge in [0.25, 0.3) is 5.91 Å². The monoisotopic (exact) mass is 583 g/mol. The summed E-state index contributed by atoms with van der Waals surface area (Å²) < 4.78 is 36.3. The lowest BCUT2D eigenvalue weighted by Gasteiger charge is -2.41. The van der Waals surface area contributed by atoms with Gasteiger partial charge >= 0.3 is 6.01 Å². The molecule has 2 aromatic carbocycles. The molecule has 2 aliphatic rings. The zero-order valence-corrected chi connectivity index (χ0v) is 23.8. The summed E-state index contributed by atoms with van der Waals surface area (Å²) in [5.41, 5.74) is 0.861. The van der Waals surface area contributed by atoms with Crippen molar-refractivity contribution in [3.05, 3.63) is 66.9 Å². The molecule has 6 rings (SSSR count). The van der Waals surface area contributed by atoms with E-state index in [9.17, 15) is 14.4 Å². The molecule has 0 aliphatic carbocycles. The molecule has 11 heteroatoms. The van der Waals surface area contributed by atoms with Crippen LogP contribution in [0.2, 0.25) is 0 Å². The molecule has 4 aromatic rings. The van der Waals surface area contributed by atoms with Crippen LogP contribution >= 0.6 is 0 Å². The first kappa shape index (κ1) is 28.4. The van der Waals surface area contributed by atoms with Gasteiger partial charge in [-0.3, -0.25) is 9.78 Å². The summed E-state index contributed by atoms with van der Waals surface area (Å²) >= 11 is 0. The highest BCUT2D eigenvalue weighted by Gasteiger charge is 2.34. The van der Waals surface area contributed by atoms with Crippen molar-refractivity contribution in [2.45, 2.75) is 31.3 Å².